The summed E-state index contributed by atoms with van der Waals surface area (Å²) in [7, 11) is -7.10. The maximum Gasteiger partial charge on any atom is 0.243 e. The van der Waals surface area contributed by atoms with Crippen LogP contribution < -0.4 is 9.44 Å². The first-order valence-corrected chi connectivity index (χ1v) is 8.38. The maximum absolute atomic E-state index is 11.7. The number of sulfonamides is 2. The lowest BCUT2D eigenvalue weighted by Crippen LogP contribution is -2.34. The van der Waals surface area contributed by atoms with E-state index in [4.69, 9.17) is 11.6 Å². The van der Waals surface area contributed by atoms with Gasteiger partial charge in [-0.05, 0) is 11.6 Å². The monoisotopic (exact) mass is 314 g/mol. The molecule has 0 bridgehead atoms. The molecule has 0 atom stereocenters. The molecule has 0 aliphatic heterocycles. The van der Waals surface area contributed by atoms with E-state index in [1.807, 2.05) is 0 Å². The molecule has 0 saturated heterocycles. The van der Waals surface area contributed by atoms with Gasteiger partial charge in [-0.15, -0.1) is 0 Å². The van der Waals surface area contributed by atoms with E-state index in [0.29, 0.717) is 0 Å². The quantitative estimate of drug-likeness (QED) is 0.511. The molecule has 1 heterocycles. The van der Waals surface area contributed by atoms with Gasteiger partial charge in [-0.2, -0.15) is 0 Å². The van der Waals surface area contributed by atoms with E-state index in [2.05, 4.69) is 19.4 Å². The van der Waals surface area contributed by atoms with E-state index in [1.165, 1.54) is 0 Å². The van der Waals surface area contributed by atoms with E-state index in [9.17, 15) is 16.8 Å². The fourth-order valence-electron chi connectivity index (χ4n) is 0.944. The van der Waals surface area contributed by atoms with Gasteiger partial charge >= 0.3 is 0 Å². The summed E-state index contributed by atoms with van der Waals surface area (Å²) in [5, 5.41) is -0.0623. The minimum absolute atomic E-state index is 0.0491. The SMILES string of the molecule is CS(=O)(=O)NCCNS(=O)(=O)c1cnc(Cl)nc1. The first-order chi connectivity index (χ1) is 8.21. The topological polar surface area (TPSA) is 118 Å². The maximum atomic E-state index is 11.7. The molecular weight excluding hydrogens is 304 g/mol. The van der Waals surface area contributed by atoms with Crippen LogP contribution >= 0.6 is 11.6 Å². The summed E-state index contributed by atoms with van der Waals surface area (Å²) in [6, 6.07) is 0. The Hall–Kier alpha value is -0.810. The fraction of sp³-hybridized carbons (Fsp3) is 0.429. The van der Waals surface area contributed by atoms with Crippen LogP contribution in [0.2, 0.25) is 5.28 Å². The van der Waals surface area contributed by atoms with Gasteiger partial charge in [0.25, 0.3) is 0 Å². The third-order valence-electron chi connectivity index (χ3n) is 1.69. The van der Waals surface area contributed by atoms with E-state index in [-0.39, 0.29) is 23.3 Å². The van der Waals surface area contributed by atoms with Crippen LogP contribution in [-0.2, 0) is 20.0 Å². The van der Waals surface area contributed by atoms with Gasteiger partial charge in [0.05, 0.1) is 18.6 Å². The van der Waals surface area contributed by atoms with Crippen LogP contribution in [0.3, 0.4) is 0 Å². The minimum Gasteiger partial charge on any atom is -0.225 e. The molecule has 0 fully saturated rings. The number of rotatable bonds is 6. The molecule has 2 N–H and O–H groups in total. The average Bonchev–Trinajstić information content (AvgIpc) is 2.24. The molecule has 0 spiro atoms. The second kappa shape index (κ2) is 5.89. The standard InChI is InChI=1S/C7H11ClN4O4S2/c1-17(13,14)11-2-3-12-18(15,16)6-4-9-7(8)10-5-6/h4-5,11-12H,2-3H2,1H3. The Kier molecular flexibility index (Phi) is 4.99. The second-order valence-electron chi connectivity index (χ2n) is 3.25. The Balaban J connectivity index is 2.58. The van der Waals surface area contributed by atoms with Crippen molar-refractivity contribution in [2.75, 3.05) is 19.3 Å². The molecule has 0 aliphatic rings. The third-order valence-corrected chi connectivity index (χ3v) is 4.03. The van der Waals surface area contributed by atoms with Crippen molar-refractivity contribution >= 4 is 31.6 Å². The van der Waals surface area contributed by atoms with Gasteiger partial charge in [0.1, 0.15) is 4.90 Å². The molecule has 0 aliphatic carbocycles. The molecule has 0 radical (unpaired) electrons. The number of nitrogens with one attached hydrogen (secondary N) is 2. The summed E-state index contributed by atoms with van der Waals surface area (Å²) in [6.45, 7) is -0.134. The number of halogens is 1. The van der Waals surface area contributed by atoms with E-state index >= 15 is 0 Å². The van der Waals surface area contributed by atoms with Crippen LogP contribution in [-0.4, -0.2) is 46.1 Å². The average molecular weight is 315 g/mol. The van der Waals surface area contributed by atoms with Crippen LogP contribution in [0.15, 0.2) is 17.3 Å². The van der Waals surface area contributed by atoms with Crippen LogP contribution in [0, 0.1) is 0 Å². The van der Waals surface area contributed by atoms with Crippen LogP contribution in [0.1, 0.15) is 0 Å². The van der Waals surface area contributed by atoms with Crippen molar-refractivity contribution in [2.24, 2.45) is 0 Å². The summed E-state index contributed by atoms with van der Waals surface area (Å²) >= 11 is 5.42. The van der Waals surface area contributed by atoms with Gasteiger partial charge in [-0.1, -0.05) is 0 Å². The van der Waals surface area contributed by atoms with Gasteiger partial charge in [-0.25, -0.2) is 36.2 Å². The molecule has 11 heteroatoms. The molecule has 8 nitrogen and oxygen atoms in total. The summed E-state index contributed by atoms with van der Waals surface area (Å²) in [6.07, 6.45) is 3.10. The zero-order valence-corrected chi connectivity index (χ0v) is 11.7. The van der Waals surface area contributed by atoms with Gasteiger partial charge in [0, 0.05) is 13.1 Å². The van der Waals surface area contributed by atoms with Crippen LogP contribution in [0.4, 0.5) is 0 Å². The highest BCUT2D eigenvalue weighted by Crippen LogP contribution is 2.06. The Bertz CT molecular complexity index is 599. The van der Waals surface area contributed by atoms with E-state index in [0.717, 1.165) is 18.6 Å². The van der Waals surface area contributed by atoms with Crippen molar-refractivity contribution in [1.82, 2.24) is 19.4 Å². The van der Waals surface area contributed by atoms with E-state index in [1.54, 1.807) is 0 Å². The van der Waals surface area contributed by atoms with Crippen molar-refractivity contribution in [1.29, 1.82) is 0 Å². The fourth-order valence-corrected chi connectivity index (χ4v) is 2.44. The van der Waals surface area contributed by atoms with Crippen molar-refractivity contribution in [3.8, 4) is 0 Å². The molecule has 0 amide bonds. The Morgan fingerprint density at radius 2 is 1.61 bits per heavy atom. The van der Waals surface area contributed by atoms with Gasteiger partial charge in [0.15, 0.2) is 0 Å². The number of aromatic nitrogens is 2. The highest BCUT2D eigenvalue weighted by atomic mass is 35.5. The van der Waals surface area contributed by atoms with Crippen LogP contribution in [0.5, 0.6) is 0 Å². The largest absolute Gasteiger partial charge is 0.243 e. The Labute approximate surface area is 110 Å². The zero-order chi connectivity index (χ0) is 13.8. The predicted molar refractivity (Wildman–Crippen MR) is 65.1 cm³/mol. The summed E-state index contributed by atoms with van der Waals surface area (Å²) in [5.74, 6) is 0. The Morgan fingerprint density at radius 1 is 1.11 bits per heavy atom. The zero-order valence-electron chi connectivity index (χ0n) is 9.29. The summed E-state index contributed by atoms with van der Waals surface area (Å²) in [4.78, 5) is 6.93. The lowest BCUT2D eigenvalue weighted by atomic mass is 10.7. The molecule has 1 rings (SSSR count). The molecule has 1 aromatic heterocycles. The van der Waals surface area contributed by atoms with Gasteiger partial charge in [-0.3, -0.25) is 0 Å². The molecule has 18 heavy (non-hydrogen) atoms. The van der Waals surface area contributed by atoms with Crippen molar-refractivity contribution < 1.29 is 16.8 Å². The number of hydrogen-bond donors (Lipinski definition) is 2. The van der Waals surface area contributed by atoms with Crippen LogP contribution in [0.25, 0.3) is 0 Å². The third kappa shape index (κ3) is 5.23. The molecule has 0 aromatic carbocycles. The highest BCUT2D eigenvalue weighted by molar-refractivity contribution is 7.89. The number of nitrogens with zero attached hydrogens (tertiary/aromatic N) is 2. The minimum atomic E-state index is -3.76. The van der Waals surface area contributed by atoms with Gasteiger partial charge in [0.2, 0.25) is 25.3 Å². The first-order valence-electron chi connectivity index (χ1n) is 4.62. The smallest absolute Gasteiger partial charge is 0.225 e. The summed E-state index contributed by atoms with van der Waals surface area (Å²) < 4.78 is 49.1. The molecule has 0 unspecified atom stereocenters. The second-order valence-corrected chi connectivity index (χ2v) is 7.19. The normalized spacial score (nSPS) is 12.6. The molecule has 102 valence electrons. The number of hydrogen-bond acceptors (Lipinski definition) is 6. The molecule has 1 aromatic rings. The highest BCUT2D eigenvalue weighted by Gasteiger charge is 2.14. The van der Waals surface area contributed by atoms with Gasteiger partial charge < -0.3 is 0 Å². The molecular formula is C7H11ClN4O4S2. The van der Waals surface area contributed by atoms with Crippen molar-refractivity contribution in [2.45, 2.75) is 4.90 Å². The van der Waals surface area contributed by atoms with E-state index < -0.39 is 20.0 Å². The lowest BCUT2D eigenvalue weighted by molar-refractivity contribution is 0.572. The Morgan fingerprint density at radius 3 is 2.11 bits per heavy atom. The summed E-state index contributed by atoms with van der Waals surface area (Å²) in [5.41, 5.74) is 0. The van der Waals surface area contributed by atoms with Crippen molar-refractivity contribution in [3.63, 3.8) is 0 Å². The predicted octanol–water partition coefficient (Wildman–Crippen LogP) is -1.04. The first kappa shape index (κ1) is 15.2. The van der Waals surface area contributed by atoms with Crippen molar-refractivity contribution in [3.05, 3.63) is 17.7 Å². The lowest BCUT2D eigenvalue weighted by Gasteiger charge is -2.06. The molecule has 0 saturated carbocycles.